The van der Waals surface area contributed by atoms with E-state index in [1.807, 2.05) is 78.9 Å². The van der Waals surface area contributed by atoms with E-state index in [1.54, 1.807) is 12.4 Å². The van der Waals surface area contributed by atoms with Crippen LogP contribution >= 0.6 is 0 Å². The van der Waals surface area contributed by atoms with Crippen LogP contribution in [0.3, 0.4) is 0 Å². The van der Waals surface area contributed by atoms with Gasteiger partial charge in [0, 0.05) is 47.0 Å². The molecule has 0 saturated heterocycles. The van der Waals surface area contributed by atoms with Crippen LogP contribution in [0.15, 0.2) is 91.3 Å². The summed E-state index contributed by atoms with van der Waals surface area (Å²) in [5.74, 6) is -1.22. The fraction of sp³-hybridized carbons (Fsp3) is 0.167. The normalized spacial score (nSPS) is 12.6. The van der Waals surface area contributed by atoms with Gasteiger partial charge in [-0.05, 0) is 28.8 Å². The van der Waals surface area contributed by atoms with Crippen LogP contribution in [0.5, 0.6) is 0 Å². The molecular weight excluding hydrogens is 494 g/mol. The molecule has 2 heterocycles. The first-order valence-electron chi connectivity index (χ1n) is 12.6. The number of rotatable bonds is 10. The topological polar surface area (TPSA) is 142 Å². The van der Waals surface area contributed by atoms with Gasteiger partial charge in [0.25, 0.3) is 0 Å². The van der Waals surface area contributed by atoms with Crippen molar-refractivity contribution in [2.45, 2.75) is 31.5 Å². The van der Waals surface area contributed by atoms with Gasteiger partial charge >= 0.3 is 6.09 Å². The molecule has 0 bridgehead atoms. The zero-order chi connectivity index (χ0) is 27.2. The first-order valence-corrected chi connectivity index (χ1v) is 12.6. The summed E-state index contributed by atoms with van der Waals surface area (Å²) in [5.41, 5.74) is 10.0. The van der Waals surface area contributed by atoms with E-state index < -0.39 is 30.0 Å². The molecule has 0 saturated carbocycles. The Morgan fingerprint density at radius 2 is 1.26 bits per heavy atom. The lowest BCUT2D eigenvalue weighted by Crippen LogP contribution is -2.54. The number of hydrogen-bond acceptors (Lipinski definition) is 4. The third kappa shape index (κ3) is 6.10. The summed E-state index contributed by atoms with van der Waals surface area (Å²) in [6.07, 6.45) is 3.23. The van der Waals surface area contributed by atoms with Crippen LogP contribution in [-0.4, -0.2) is 40.0 Å². The Balaban J connectivity index is 1.34. The average Bonchev–Trinajstić information content (AvgIpc) is 3.56. The molecule has 3 amide bonds. The van der Waals surface area contributed by atoms with Crippen LogP contribution in [0.1, 0.15) is 16.7 Å². The zero-order valence-corrected chi connectivity index (χ0v) is 21.1. The first-order chi connectivity index (χ1) is 19.0. The number of nitrogens with two attached hydrogens (primary N) is 1. The van der Waals surface area contributed by atoms with Gasteiger partial charge < -0.3 is 31.1 Å². The van der Waals surface area contributed by atoms with Gasteiger partial charge in [0.1, 0.15) is 18.7 Å². The molecule has 0 aliphatic carbocycles. The number of benzene rings is 3. The number of fused-ring (bicyclic) bond motifs is 2. The number of ether oxygens (including phenoxy) is 1. The van der Waals surface area contributed by atoms with Crippen LogP contribution in [0.25, 0.3) is 21.8 Å². The molecule has 2 atom stereocenters. The van der Waals surface area contributed by atoms with Gasteiger partial charge in [-0.2, -0.15) is 0 Å². The average molecular weight is 524 g/mol. The number of hydrogen-bond donors (Lipinski definition) is 5. The standard InChI is InChI=1S/C30H29N5O4/c31-28(36)26(14-20-16-32-24-12-6-4-10-22(20)24)34-29(37)27(15-21-17-33-25-13-7-5-11-23(21)25)35-30(38)39-18-19-8-2-1-3-9-19/h1-13,16-17,26-27,32-33H,14-15,18H2,(H2,31,36)(H,34,37)(H,35,38)/t26-,27-/m0/s1. The Morgan fingerprint density at radius 3 is 1.85 bits per heavy atom. The highest BCUT2D eigenvalue weighted by Crippen LogP contribution is 2.21. The van der Waals surface area contributed by atoms with Crippen molar-refractivity contribution >= 4 is 39.7 Å². The van der Waals surface area contributed by atoms with Crippen LogP contribution in [0.2, 0.25) is 0 Å². The molecule has 0 spiro atoms. The van der Waals surface area contributed by atoms with E-state index in [0.29, 0.717) is 0 Å². The van der Waals surface area contributed by atoms with Crippen molar-refractivity contribution in [3.05, 3.63) is 108 Å². The Kier molecular flexibility index (Phi) is 7.58. The van der Waals surface area contributed by atoms with Gasteiger partial charge in [0.15, 0.2) is 0 Å². The molecule has 9 heteroatoms. The summed E-state index contributed by atoms with van der Waals surface area (Å²) in [6.45, 7) is 0.0541. The summed E-state index contributed by atoms with van der Waals surface area (Å²) in [4.78, 5) is 45.0. The van der Waals surface area contributed by atoms with Crippen molar-refractivity contribution < 1.29 is 19.1 Å². The Labute approximate surface area is 224 Å². The number of carbonyl (C=O) groups is 3. The number of para-hydroxylation sites is 2. The minimum atomic E-state index is -1.02. The lowest BCUT2D eigenvalue weighted by atomic mass is 10.0. The van der Waals surface area contributed by atoms with E-state index in [1.165, 1.54) is 0 Å². The molecule has 0 aliphatic heterocycles. The summed E-state index contributed by atoms with van der Waals surface area (Å²) < 4.78 is 5.37. The maximum atomic E-state index is 13.5. The fourth-order valence-corrected chi connectivity index (χ4v) is 4.65. The van der Waals surface area contributed by atoms with Gasteiger partial charge in [-0.3, -0.25) is 9.59 Å². The van der Waals surface area contributed by atoms with Crippen LogP contribution in [-0.2, 0) is 33.8 Å². The minimum Gasteiger partial charge on any atom is -0.445 e. The molecular formula is C30H29N5O4. The van der Waals surface area contributed by atoms with Crippen LogP contribution in [0.4, 0.5) is 4.79 Å². The molecule has 39 heavy (non-hydrogen) atoms. The van der Waals surface area contributed by atoms with E-state index in [2.05, 4.69) is 20.6 Å². The number of H-pyrrole nitrogens is 2. The second-order valence-electron chi connectivity index (χ2n) is 9.35. The highest BCUT2D eigenvalue weighted by atomic mass is 16.5. The minimum absolute atomic E-state index is 0.0541. The summed E-state index contributed by atoms with van der Waals surface area (Å²) >= 11 is 0. The second-order valence-corrected chi connectivity index (χ2v) is 9.35. The Hall–Kier alpha value is -5.05. The molecule has 3 aromatic carbocycles. The molecule has 5 aromatic rings. The van der Waals surface area contributed by atoms with E-state index in [-0.39, 0.29) is 19.4 Å². The summed E-state index contributed by atoms with van der Waals surface area (Å²) in [6, 6.07) is 22.6. The largest absolute Gasteiger partial charge is 0.445 e. The maximum Gasteiger partial charge on any atom is 0.408 e. The van der Waals surface area contributed by atoms with E-state index in [9.17, 15) is 14.4 Å². The predicted octanol–water partition coefficient (Wildman–Crippen LogP) is 3.70. The number of primary amides is 1. The molecule has 0 radical (unpaired) electrons. The van der Waals surface area contributed by atoms with Crippen molar-refractivity contribution in [2.24, 2.45) is 5.73 Å². The molecule has 0 aliphatic rings. The van der Waals surface area contributed by atoms with Gasteiger partial charge in [-0.15, -0.1) is 0 Å². The lowest BCUT2D eigenvalue weighted by Gasteiger charge is -2.22. The number of nitrogens with one attached hydrogen (secondary N) is 4. The third-order valence-electron chi connectivity index (χ3n) is 6.68. The maximum absolute atomic E-state index is 13.5. The van der Waals surface area contributed by atoms with Gasteiger partial charge in [0.2, 0.25) is 11.8 Å². The molecule has 6 N–H and O–H groups in total. The Morgan fingerprint density at radius 1 is 0.718 bits per heavy atom. The van der Waals surface area contributed by atoms with Gasteiger partial charge in [0.05, 0.1) is 0 Å². The molecule has 0 fully saturated rings. The quantitative estimate of drug-likeness (QED) is 0.190. The molecule has 9 nitrogen and oxygen atoms in total. The number of aromatic amines is 2. The summed E-state index contributed by atoms with van der Waals surface area (Å²) in [7, 11) is 0. The zero-order valence-electron chi connectivity index (χ0n) is 21.1. The third-order valence-corrected chi connectivity index (χ3v) is 6.68. The smallest absolute Gasteiger partial charge is 0.408 e. The second kappa shape index (κ2) is 11.6. The van der Waals surface area contributed by atoms with Crippen LogP contribution in [0, 0.1) is 0 Å². The molecule has 198 valence electrons. The lowest BCUT2D eigenvalue weighted by molar-refractivity contribution is -0.128. The highest BCUT2D eigenvalue weighted by Gasteiger charge is 2.28. The Bertz CT molecular complexity index is 1610. The molecule has 5 rings (SSSR count). The van der Waals surface area contributed by atoms with Crippen LogP contribution < -0.4 is 16.4 Å². The van der Waals surface area contributed by atoms with Gasteiger partial charge in [-0.1, -0.05) is 66.7 Å². The number of aromatic nitrogens is 2. The van der Waals surface area contributed by atoms with E-state index >= 15 is 0 Å². The monoisotopic (exact) mass is 523 g/mol. The van der Waals surface area contributed by atoms with Crippen molar-refractivity contribution in [3.63, 3.8) is 0 Å². The van der Waals surface area contributed by atoms with Gasteiger partial charge in [-0.25, -0.2) is 4.79 Å². The number of amides is 3. The highest BCUT2D eigenvalue weighted by molar-refractivity contribution is 5.92. The SMILES string of the molecule is NC(=O)[C@H](Cc1c[nH]c2ccccc12)NC(=O)[C@H](Cc1c[nH]c2ccccc12)NC(=O)OCc1ccccc1. The number of carbonyl (C=O) groups excluding carboxylic acids is 3. The number of alkyl carbamates (subject to hydrolysis) is 1. The van der Waals surface area contributed by atoms with E-state index in [0.717, 1.165) is 38.5 Å². The first kappa shape index (κ1) is 25.6. The summed E-state index contributed by atoms with van der Waals surface area (Å²) in [5, 5.41) is 7.30. The van der Waals surface area contributed by atoms with Crippen molar-refractivity contribution in [2.75, 3.05) is 0 Å². The van der Waals surface area contributed by atoms with Crippen molar-refractivity contribution in [1.82, 2.24) is 20.6 Å². The molecule has 2 aromatic heterocycles. The van der Waals surface area contributed by atoms with Crippen molar-refractivity contribution in [1.29, 1.82) is 0 Å². The van der Waals surface area contributed by atoms with E-state index in [4.69, 9.17) is 10.5 Å². The van der Waals surface area contributed by atoms with Crippen molar-refractivity contribution in [3.8, 4) is 0 Å². The molecule has 0 unspecified atom stereocenters. The predicted molar refractivity (Wildman–Crippen MR) is 149 cm³/mol. The fourth-order valence-electron chi connectivity index (χ4n) is 4.65.